The van der Waals surface area contributed by atoms with Crippen molar-refractivity contribution in [2.24, 2.45) is 0 Å². The SMILES string of the molecule is CCCCCc1ccc2nc(C(=O)O)ccc2c1. The zero-order chi connectivity index (χ0) is 13.0. The lowest BCUT2D eigenvalue weighted by Gasteiger charge is -2.04. The molecule has 0 aliphatic heterocycles. The highest BCUT2D eigenvalue weighted by molar-refractivity contribution is 5.89. The van der Waals surface area contributed by atoms with Crippen LogP contribution in [0.2, 0.25) is 0 Å². The quantitative estimate of drug-likeness (QED) is 0.815. The second kappa shape index (κ2) is 5.63. The molecule has 0 atom stereocenters. The van der Waals surface area contributed by atoms with Crippen molar-refractivity contribution < 1.29 is 9.90 Å². The fourth-order valence-corrected chi connectivity index (χ4v) is 2.03. The maximum absolute atomic E-state index is 10.8. The molecule has 94 valence electrons. The molecule has 3 heteroatoms. The molecule has 0 radical (unpaired) electrons. The van der Waals surface area contributed by atoms with Gasteiger partial charge in [-0.2, -0.15) is 0 Å². The lowest BCUT2D eigenvalue weighted by Crippen LogP contribution is -1.99. The van der Waals surface area contributed by atoms with Gasteiger partial charge in [-0.25, -0.2) is 9.78 Å². The second-order valence-corrected chi connectivity index (χ2v) is 4.49. The van der Waals surface area contributed by atoms with Crippen molar-refractivity contribution in [3.63, 3.8) is 0 Å². The highest BCUT2D eigenvalue weighted by Crippen LogP contribution is 2.16. The fourth-order valence-electron chi connectivity index (χ4n) is 2.03. The first-order valence-electron chi connectivity index (χ1n) is 6.33. The molecule has 1 aromatic heterocycles. The van der Waals surface area contributed by atoms with E-state index in [0.717, 1.165) is 17.3 Å². The maximum Gasteiger partial charge on any atom is 0.354 e. The first-order chi connectivity index (χ1) is 8.70. The molecule has 0 spiro atoms. The Morgan fingerprint density at radius 2 is 2.06 bits per heavy atom. The van der Waals surface area contributed by atoms with E-state index in [1.165, 1.54) is 24.8 Å². The number of aromatic carboxylic acids is 1. The average Bonchev–Trinajstić information content (AvgIpc) is 2.38. The van der Waals surface area contributed by atoms with Crippen LogP contribution in [0.5, 0.6) is 0 Å². The summed E-state index contributed by atoms with van der Waals surface area (Å²) in [7, 11) is 0. The van der Waals surface area contributed by atoms with Crippen molar-refractivity contribution in [1.29, 1.82) is 0 Å². The van der Waals surface area contributed by atoms with Gasteiger partial charge in [0.05, 0.1) is 5.52 Å². The van der Waals surface area contributed by atoms with E-state index >= 15 is 0 Å². The summed E-state index contributed by atoms with van der Waals surface area (Å²) >= 11 is 0. The summed E-state index contributed by atoms with van der Waals surface area (Å²) in [6.07, 6.45) is 4.73. The molecule has 0 aliphatic rings. The van der Waals surface area contributed by atoms with E-state index in [1.807, 2.05) is 18.2 Å². The van der Waals surface area contributed by atoms with E-state index in [1.54, 1.807) is 6.07 Å². The Kier molecular flexibility index (Phi) is 3.92. The summed E-state index contributed by atoms with van der Waals surface area (Å²) in [6.45, 7) is 2.19. The number of pyridine rings is 1. The van der Waals surface area contributed by atoms with Crippen LogP contribution in [0.4, 0.5) is 0 Å². The van der Waals surface area contributed by atoms with Gasteiger partial charge in [0, 0.05) is 5.39 Å². The first kappa shape index (κ1) is 12.6. The third-order valence-electron chi connectivity index (χ3n) is 3.04. The molecular weight excluding hydrogens is 226 g/mol. The Bertz CT molecular complexity index is 563. The van der Waals surface area contributed by atoms with E-state index < -0.39 is 5.97 Å². The molecule has 0 aliphatic carbocycles. The molecule has 2 aromatic rings. The normalized spacial score (nSPS) is 10.7. The molecule has 0 saturated heterocycles. The minimum Gasteiger partial charge on any atom is -0.477 e. The molecule has 3 nitrogen and oxygen atoms in total. The van der Waals surface area contributed by atoms with E-state index in [9.17, 15) is 4.79 Å². The Labute approximate surface area is 106 Å². The van der Waals surface area contributed by atoms with Gasteiger partial charge in [-0.15, -0.1) is 0 Å². The van der Waals surface area contributed by atoms with Crippen LogP contribution in [0.25, 0.3) is 10.9 Å². The van der Waals surface area contributed by atoms with Crippen molar-refractivity contribution in [2.75, 3.05) is 0 Å². The van der Waals surface area contributed by atoms with Gasteiger partial charge < -0.3 is 5.11 Å². The maximum atomic E-state index is 10.8. The molecule has 1 aromatic carbocycles. The second-order valence-electron chi connectivity index (χ2n) is 4.49. The lowest BCUT2D eigenvalue weighted by atomic mass is 10.0. The van der Waals surface area contributed by atoms with Crippen molar-refractivity contribution in [3.8, 4) is 0 Å². The van der Waals surface area contributed by atoms with Crippen LogP contribution >= 0.6 is 0 Å². The molecule has 18 heavy (non-hydrogen) atoms. The number of carboxylic acids is 1. The zero-order valence-electron chi connectivity index (χ0n) is 10.5. The van der Waals surface area contributed by atoms with Crippen molar-refractivity contribution in [3.05, 3.63) is 41.6 Å². The van der Waals surface area contributed by atoms with Crippen LogP contribution in [-0.4, -0.2) is 16.1 Å². The van der Waals surface area contributed by atoms with Crippen molar-refractivity contribution in [1.82, 2.24) is 4.98 Å². The van der Waals surface area contributed by atoms with Gasteiger partial charge in [0.2, 0.25) is 0 Å². The molecule has 0 amide bonds. The highest BCUT2D eigenvalue weighted by Gasteiger charge is 2.05. The van der Waals surface area contributed by atoms with Gasteiger partial charge >= 0.3 is 5.97 Å². The highest BCUT2D eigenvalue weighted by atomic mass is 16.4. The third-order valence-corrected chi connectivity index (χ3v) is 3.04. The predicted octanol–water partition coefficient (Wildman–Crippen LogP) is 3.67. The molecule has 2 rings (SSSR count). The minimum atomic E-state index is -0.982. The molecule has 0 bridgehead atoms. The fraction of sp³-hybridized carbons (Fsp3) is 0.333. The first-order valence-corrected chi connectivity index (χ1v) is 6.33. The van der Waals surface area contributed by atoms with E-state index in [2.05, 4.69) is 18.0 Å². The monoisotopic (exact) mass is 243 g/mol. The van der Waals surface area contributed by atoms with Gasteiger partial charge in [-0.1, -0.05) is 31.9 Å². The number of unbranched alkanes of at least 4 members (excludes halogenated alkanes) is 2. The summed E-state index contributed by atoms with van der Waals surface area (Å²) in [6, 6.07) is 9.43. The number of aryl methyl sites for hydroxylation is 1. The number of rotatable bonds is 5. The third kappa shape index (κ3) is 2.86. The van der Waals surface area contributed by atoms with Crippen molar-refractivity contribution >= 4 is 16.9 Å². The van der Waals surface area contributed by atoms with Gasteiger partial charge in [-0.3, -0.25) is 0 Å². The summed E-state index contributed by atoms with van der Waals surface area (Å²) in [5.41, 5.74) is 2.14. The Morgan fingerprint density at radius 1 is 1.22 bits per heavy atom. The Morgan fingerprint density at radius 3 is 2.78 bits per heavy atom. The molecule has 1 heterocycles. The standard InChI is InChI=1S/C15H17NO2/c1-2-3-4-5-11-6-8-13-12(10-11)7-9-14(16-13)15(17)18/h6-10H,2-5H2,1H3,(H,17,18). The number of benzene rings is 1. The van der Waals surface area contributed by atoms with Crippen LogP contribution in [0.3, 0.4) is 0 Å². The number of hydrogen-bond acceptors (Lipinski definition) is 2. The number of nitrogens with zero attached hydrogens (tertiary/aromatic N) is 1. The van der Waals surface area contributed by atoms with Gasteiger partial charge in [0.1, 0.15) is 5.69 Å². The Balaban J connectivity index is 2.24. The summed E-state index contributed by atoms with van der Waals surface area (Å²) in [5.74, 6) is -0.982. The van der Waals surface area contributed by atoms with Crippen LogP contribution < -0.4 is 0 Å². The number of carboxylic acid groups (broad SMARTS) is 1. The number of fused-ring (bicyclic) bond motifs is 1. The van der Waals surface area contributed by atoms with Crippen molar-refractivity contribution in [2.45, 2.75) is 32.6 Å². The van der Waals surface area contributed by atoms with Gasteiger partial charge in [-0.05, 0) is 36.6 Å². The van der Waals surface area contributed by atoms with Crippen LogP contribution in [-0.2, 0) is 6.42 Å². The molecular formula is C15H17NO2. The number of hydrogen-bond donors (Lipinski definition) is 1. The van der Waals surface area contributed by atoms with Crippen LogP contribution in [0.1, 0.15) is 42.2 Å². The van der Waals surface area contributed by atoms with Gasteiger partial charge in [0.25, 0.3) is 0 Å². The molecule has 0 unspecified atom stereocenters. The molecule has 1 N–H and O–H groups in total. The summed E-state index contributed by atoms with van der Waals surface area (Å²) < 4.78 is 0. The lowest BCUT2D eigenvalue weighted by molar-refractivity contribution is 0.0691. The van der Waals surface area contributed by atoms with E-state index in [-0.39, 0.29) is 5.69 Å². The van der Waals surface area contributed by atoms with E-state index in [4.69, 9.17) is 5.11 Å². The van der Waals surface area contributed by atoms with Crippen LogP contribution in [0, 0.1) is 0 Å². The Hall–Kier alpha value is -1.90. The molecule has 0 saturated carbocycles. The van der Waals surface area contributed by atoms with E-state index in [0.29, 0.717) is 0 Å². The largest absolute Gasteiger partial charge is 0.477 e. The minimum absolute atomic E-state index is 0.0984. The van der Waals surface area contributed by atoms with Gasteiger partial charge in [0.15, 0.2) is 0 Å². The summed E-state index contributed by atoms with van der Waals surface area (Å²) in [5, 5.41) is 9.89. The van der Waals surface area contributed by atoms with Crippen LogP contribution in [0.15, 0.2) is 30.3 Å². The number of carbonyl (C=O) groups is 1. The average molecular weight is 243 g/mol. The smallest absolute Gasteiger partial charge is 0.354 e. The topological polar surface area (TPSA) is 50.2 Å². The summed E-state index contributed by atoms with van der Waals surface area (Å²) in [4.78, 5) is 14.9. The molecule has 0 fully saturated rings. The predicted molar refractivity (Wildman–Crippen MR) is 71.9 cm³/mol. The zero-order valence-corrected chi connectivity index (χ0v) is 10.5. The number of aromatic nitrogens is 1.